The van der Waals surface area contributed by atoms with Crippen LogP contribution >= 0.6 is 0 Å². The molecule has 0 saturated heterocycles. The summed E-state index contributed by atoms with van der Waals surface area (Å²) >= 11 is 0. The Labute approximate surface area is 121 Å². The highest BCUT2D eigenvalue weighted by molar-refractivity contribution is 5.87. The van der Waals surface area contributed by atoms with Gasteiger partial charge in [-0.25, -0.2) is 4.79 Å². The number of amides is 1. The van der Waals surface area contributed by atoms with Gasteiger partial charge in [0.2, 0.25) is 5.91 Å². The van der Waals surface area contributed by atoms with Gasteiger partial charge in [0.1, 0.15) is 6.04 Å². The van der Waals surface area contributed by atoms with E-state index in [1.54, 1.807) is 7.11 Å². The van der Waals surface area contributed by atoms with Crippen LogP contribution in [0.1, 0.15) is 58.3 Å². The summed E-state index contributed by atoms with van der Waals surface area (Å²) in [6.07, 6.45) is 6.64. The van der Waals surface area contributed by atoms with E-state index in [2.05, 4.69) is 5.32 Å². The van der Waals surface area contributed by atoms with Gasteiger partial charge in [-0.1, -0.05) is 32.6 Å². The van der Waals surface area contributed by atoms with Gasteiger partial charge in [-0.15, -0.1) is 0 Å². The molecule has 5 heteroatoms. The first-order chi connectivity index (χ1) is 9.55. The molecule has 0 bridgehead atoms. The molecule has 5 nitrogen and oxygen atoms in total. The largest absolute Gasteiger partial charge is 0.480 e. The van der Waals surface area contributed by atoms with Gasteiger partial charge < -0.3 is 15.2 Å². The molecule has 20 heavy (non-hydrogen) atoms. The SMILES string of the molecule is CCCC[C@H](NC(=O)C1(CCOC)CCCC1)C(=O)O. The van der Waals surface area contributed by atoms with E-state index in [0.717, 1.165) is 38.5 Å². The van der Waals surface area contributed by atoms with Crippen LogP contribution in [0.3, 0.4) is 0 Å². The normalized spacial score (nSPS) is 18.7. The topological polar surface area (TPSA) is 75.6 Å². The molecule has 1 aliphatic rings. The highest BCUT2D eigenvalue weighted by Crippen LogP contribution is 2.41. The molecule has 0 radical (unpaired) electrons. The lowest BCUT2D eigenvalue weighted by atomic mass is 9.81. The number of methoxy groups -OCH3 is 1. The van der Waals surface area contributed by atoms with Crippen LogP contribution in [0.5, 0.6) is 0 Å². The third kappa shape index (κ3) is 4.47. The summed E-state index contributed by atoms with van der Waals surface area (Å²) in [6, 6.07) is -0.762. The van der Waals surface area contributed by atoms with Crippen molar-refractivity contribution in [1.29, 1.82) is 0 Å². The van der Waals surface area contributed by atoms with Gasteiger partial charge in [0.05, 0.1) is 5.41 Å². The maximum Gasteiger partial charge on any atom is 0.326 e. The van der Waals surface area contributed by atoms with E-state index in [0.29, 0.717) is 19.4 Å². The maximum absolute atomic E-state index is 12.5. The molecular weight excluding hydrogens is 258 g/mol. The van der Waals surface area contributed by atoms with Crippen LogP contribution in [0.2, 0.25) is 0 Å². The Morgan fingerprint density at radius 2 is 2.00 bits per heavy atom. The fourth-order valence-electron chi connectivity index (χ4n) is 2.92. The van der Waals surface area contributed by atoms with Crippen molar-refractivity contribution in [1.82, 2.24) is 5.32 Å². The lowest BCUT2D eigenvalue weighted by Gasteiger charge is -2.29. The predicted molar refractivity (Wildman–Crippen MR) is 76.5 cm³/mol. The third-order valence-corrected chi connectivity index (χ3v) is 4.28. The minimum atomic E-state index is -0.938. The molecule has 1 rings (SSSR count). The molecule has 0 aliphatic heterocycles. The fraction of sp³-hybridized carbons (Fsp3) is 0.867. The molecule has 0 aromatic heterocycles. The number of hydrogen-bond acceptors (Lipinski definition) is 3. The predicted octanol–water partition coefficient (Wildman–Crippen LogP) is 2.34. The van der Waals surface area contributed by atoms with E-state index < -0.39 is 17.4 Å². The zero-order valence-corrected chi connectivity index (χ0v) is 12.6. The number of rotatable bonds is 9. The van der Waals surface area contributed by atoms with E-state index in [-0.39, 0.29) is 5.91 Å². The van der Waals surface area contributed by atoms with E-state index in [4.69, 9.17) is 4.74 Å². The van der Waals surface area contributed by atoms with Crippen LogP contribution in [-0.2, 0) is 14.3 Å². The summed E-state index contributed by atoms with van der Waals surface area (Å²) in [4.78, 5) is 23.8. The van der Waals surface area contributed by atoms with E-state index in [1.165, 1.54) is 0 Å². The summed E-state index contributed by atoms with van der Waals surface area (Å²) in [7, 11) is 1.63. The maximum atomic E-state index is 12.5. The van der Waals surface area contributed by atoms with Crippen molar-refractivity contribution >= 4 is 11.9 Å². The van der Waals surface area contributed by atoms with Gasteiger partial charge in [0.15, 0.2) is 0 Å². The van der Waals surface area contributed by atoms with Crippen LogP contribution in [-0.4, -0.2) is 36.7 Å². The quantitative estimate of drug-likeness (QED) is 0.682. The summed E-state index contributed by atoms with van der Waals surface area (Å²) in [5, 5.41) is 12.0. The van der Waals surface area contributed by atoms with Crippen LogP contribution in [0.4, 0.5) is 0 Å². The standard InChI is InChI=1S/C15H27NO4/c1-3-4-7-12(13(17)18)16-14(19)15(10-11-20-2)8-5-6-9-15/h12H,3-11H2,1-2H3,(H,16,19)(H,17,18)/t12-/m0/s1. The number of hydrogen-bond donors (Lipinski definition) is 2. The number of aliphatic carboxylic acids is 1. The molecule has 2 N–H and O–H groups in total. The van der Waals surface area contributed by atoms with Gasteiger partial charge in [-0.2, -0.15) is 0 Å². The number of carbonyl (C=O) groups is 2. The molecule has 0 spiro atoms. The Morgan fingerprint density at radius 1 is 1.35 bits per heavy atom. The smallest absolute Gasteiger partial charge is 0.326 e. The van der Waals surface area contributed by atoms with Gasteiger partial charge >= 0.3 is 5.97 Å². The Bertz CT molecular complexity index is 324. The number of carboxylic acids is 1. The molecule has 0 aromatic carbocycles. The van der Waals surface area contributed by atoms with Crippen molar-refractivity contribution in [2.24, 2.45) is 5.41 Å². The first kappa shape index (κ1) is 17.0. The zero-order chi connectivity index (χ0) is 15.0. The van der Waals surface area contributed by atoms with Crippen molar-refractivity contribution in [3.8, 4) is 0 Å². The van der Waals surface area contributed by atoms with E-state index >= 15 is 0 Å². The molecule has 116 valence electrons. The minimum absolute atomic E-state index is 0.101. The van der Waals surface area contributed by atoms with Crippen LogP contribution in [0.15, 0.2) is 0 Å². The molecular formula is C15H27NO4. The highest BCUT2D eigenvalue weighted by atomic mass is 16.5. The van der Waals surface area contributed by atoms with Crippen molar-refractivity contribution in [3.63, 3.8) is 0 Å². The second kappa shape index (κ2) is 8.25. The summed E-state index contributed by atoms with van der Waals surface area (Å²) < 4.78 is 5.10. The van der Waals surface area contributed by atoms with E-state index in [9.17, 15) is 14.7 Å². The second-order valence-electron chi connectivity index (χ2n) is 5.74. The molecule has 0 unspecified atom stereocenters. The molecule has 1 fully saturated rings. The Hall–Kier alpha value is -1.10. The van der Waals surface area contributed by atoms with Gasteiger partial charge in [-0.3, -0.25) is 4.79 Å². The van der Waals surface area contributed by atoms with Crippen molar-refractivity contribution in [3.05, 3.63) is 0 Å². The highest BCUT2D eigenvalue weighted by Gasteiger charge is 2.41. The Kier molecular flexibility index (Phi) is 6.99. The van der Waals surface area contributed by atoms with Gasteiger partial charge in [-0.05, 0) is 25.7 Å². The van der Waals surface area contributed by atoms with E-state index in [1.807, 2.05) is 6.92 Å². The first-order valence-electron chi connectivity index (χ1n) is 7.58. The summed E-state index contributed by atoms with van der Waals surface area (Å²) in [6.45, 7) is 2.55. The average Bonchev–Trinajstić information content (AvgIpc) is 2.90. The molecule has 1 saturated carbocycles. The van der Waals surface area contributed by atoms with Crippen molar-refractivity contribution in [2.45, 2.75) is 64.3 Å². The third-order valence-electron chi connectivity index (χ3n) is 4.28. The number of carbonyl (C=O) groups excluding carboxylic acids is 1. The molecule has 0 heterocycles. The number of nitrogens with one attached hydrogen (secondary N) is 1. The van der Waals surface area contributed by atoms with Crippen LogP contribution < -0.4 is 5.32 Å². The van der Waals surface area contributed by atoms with Crippen LogP contribution in [0, 0.1) is 5.41 Å². The van der Waals surface area contributed by atoms with Gasteiger partial charge in [0, 0.05) is 13.7 Å². The van der Waals surface area contributed by atoms with Crippen molar-refractivity contribution in [2.75, 3.05) is 13.7 Å². The number of carboxylic acid groups (broad SMARTS) is 1. The number of ether oxygens (including phenoxy) is 1. The zero-order valence-electron chi connectivity index (χ0n) is 12.6. The van der Waals surface area contributed by atoms with Gasteiger partial charge in [0.25, 0.3) is 0 Å². The molecule has 0 aromatic rings. The number of unbranched alkanes of at least 4 members (excludes halogenated alkanes) is 1. The lowest BCUT2D eigenvalue weighted by molar-refractivity contribution is -0.144. The summed E-state index contributed by atoms with van der Waals surface area (Å²) in [5.74, 6) is -1.04. The Balaban J connectivity index is 2.66. The fourth-order valence-corrected chi connectivity index (χ4v) is 2.92. The Morgan fingerprint density at radius 3 is 2.50 bits per heavy atom. The molecule has 1 amide bonds. The van der Waals surface area contributed by atoms with Crippen LogP contribution in [0.25, 0.3) is 0 Å². The summed E-state index contributed by atoms with van der Waals surface area (Å²) in [5.41, 5.74) is -0.421. The average molecular weight is 285 g/mol. The van der Waals surface area contributed by atoms with Crippen molar-refractivity contribution < 1.29 is 19.4 Å². The second-order valence-corrected chi connectivity index (χ2v) is 5.74. The monoisotopic (exact) mass is 285 g/mol. The lowest BCUT2D eigenvalue weighted by Crippen LogP contribution is -2.48. The molecule has 1 aliphatic carbocycles. The first-order valence-corrected chi connectivity index (χ1v) is 7.58. The minimum Gasteiger partial charge on any atom is -0.480 e. The molecule has 1 atom stereocenters.